The van der Waals surface area contributed by atoms with Gasteiger partial charge in [-0.25, -0.2) is 4.79 Å². The number of nitrogens with two attached hydrogens (primary N) is 1. The molecule has 186 valence electrons. The zero-order chi connectivity index (χ0) is 24.8. The summed E-state index contributed by atoms with van der Waals surface area (Å²) in [5, 5.41) is 2.73. The first kappa shape index (κ1) is 24.9. The van der Waals surface area contributed by atoms with Crippen LogP contribution in [0.4, 0.5) is 0 Å². The molecule has 0 radical (unpaired) electrons. The highest BCUT2D eigenvalue weighted by Gasteiger charge is 2.48. The van der Waals surface area contributed by atoms with Crippen molar-refractivity contribution >= 4 is 17.8 Å². The summed E-state index contributed by atoms with van der Waals surface area (Å²) in [5.41, 5.74) is 8.07. The molecule has 2 fully saturated rings. The van der Waals surface area contributed by atoms with Crippen molar-refractivity contribution in [2.24, 2.45) is 17.6 Å². The van der Waals surface area contributed by atoms with E-state index in [2.05, 4.69) is 5.32 Å². The molecule has 0 saturated heterocycles. The fourth-order valence-corrected chi connectivity index (χ4v) is 5.49. The molecule has 4 unspecified atom stereocenters. The van der Waals surface area contributed by atoms with Gasteiger partial charge in [0.15, 0.2) is 0 Å². The normalized spacial score (nSPS) is 24.7. The van der Waals surface area contributed by atoms with E-state index < -0.39 is 18.1 Å². The molecule has 0 aliphatic heterocycles. The first-order valence-corrected chi connectivity index (χ1v) is 12.4. The minimum absolute atomic E-state index is 0.150. The lowest BCUT2D eigenvalue weighted by molar-refractivity contribution is -0.156. The molecule has 35 heavy (non-hydrogen) atoms. The van der Waals surface area contributed by atoms with Crippen molar-refractivity contribution in [3.05, 3.63) is 71.8 Å². The Balaban J connectivity index is 1.31. The van der Waals surface area contributed by atoms with Crippen LogP contribution in [0.1, 0.15) is 43.7 Å². The van der Waals surface area contributed by atoms with Gasteiger partial charge in [-0.2, -0.15) is 0 Å². The van der Waals surface area contributed by atoms with Crippen molar-refractivity contribution in [2.45, 2.75) is 69.7 Å². The van der Waals surface area contributed by atoms with Crippen LogP contribution in [0.15, 0.2) is 60.7 Å². The van der Waals surface area contributed by atoms with E-state index in [0.717, 1.165) is 36.8 Å². The standard InChI is InChI=1S/C28H34N2O5/c1-18(31)30-24(17-20-10-6-3-7-11-20)28(33)35-26-15-13-21-22(26)12-14-25(21)34-27(32)23(29)16-19-8-4-2-5-9-19/h2-11,21-26H,12-17,29H2,1H3,(H,30,31)/t21?,22?,23?,24?,25-,26+/m1/s1. The van der Waals surface area contributed by atoms with E-state index in [1.807, 2.05) is 60.7 Å². The number of carbonyl (C=O) groups excluding carboxylic acids is 3. The number of amides is 1. The first-order valence-electron chi connectivity index (χ1n) is 12.4. The Morgan fingerprint density at radius 2 is 1.29 bits per heavy atom. The summed E-state index contributed by atoms with van der Waals surface area (Å²) >= 11 is 0. The van der Waals surface area contributed by atoms with E-state index in [0.29, 0.717) is 12.8 Å². The summed E-state index contributed by atoms with van der Waals surface area (Å²) < 4.78 is 11.8. The van der Waals surface area contributed by atoms with Crippen LogP contribution in [-0.2, 0) is 36.7 Å². The lowest BCUT2D eigenvalue weighted by atomic mass is 9.97. The number of esters is 2. The van der Waals surface area contributed by atoms with E-state index in [1.165, 1.54) is 6.92 Å². The van der Waals surface area contributed by atoms with Crippen molar-refractivity contribution in [1.82, 2.24) is 5.32 Å². The zero-order valence-corrected chi connectivity index (χ0v) is 20.1. The molecule has 0 spiro atoms. The molecule has 2 aromatic rings. The fourth-order valence-electron chi connectivity index (χ4n) is 5.49. The smallest absolute Gasteiger partial charge is 0.329 e. The Hall–Kier alpha value is -3.19. The monoisotopic (exact) mass is 478 g/mol. The molecule has 3 N–H and O–H groups in total. The quantitative estimate of drug-likeness (QED) is 0.537. The highest BCUT2D eigenvalue weighted by Crippen LogP contribution is 2.47. The Morgan fingerprint density at radius 3 is 1.80 bits per heavy atom. The van der Waals surface area contributed by atoms with Crippen LogP contribution in [0.25, 0.3) is 0 Å². The van der Waals surface area contributed by atoms with Gasteiger partial charge in [-0.3, -0.25) is 9.59 Å². The minimum atomic E-state index is -0.736. The second-order valence-electron chi connectivity index (χ2n) is 9.67. The summed E-state index contributed by atoms with van der Waals surface area (Å²) in [6, 6.07) is 17.8. The number of hydrogen-bond donors (Lipinski definition) is 2. The van der Waals surface area contributed by atoms with Crippen LogP contribution in [0.3, 0.4) is 0 Å². The highest BCUT2D eigenvalue weighted by atomic mass is 16.6. The molecule has 0 bridgehead atoms. The third-order valence-electron chi connectivity index (χ3n) is 7.15. The molecule has 7 heteroatoms. The van der Waals surface area contributed by atoms with Gasteiger partial charge in [-0.05, 0) is 43.2 Å². The van der Waals surface area contributed by atoms with Crippen LogP contribution >= 0.6 is 0 Å². The fraction of sp³-hybridized carbons (Fsp3) is 0.464. The number of benzene rings is 2. The summed E-state index contributed by atoms with van der Waals surface area (Å²) in [5.74, 6) is -0.758. The van der Waals surface area contributed by atoms with Gasteiger partial charge >= 0.3 is 11.9 Å². The van der Waals surface area contributed by atoms with Gasteiger partial charge in [0, 0.05) is 25.2 Å². The van der Waals surface area contributed by atoms with Gasteiger partial charge in [0.2, 0.25) is 5.91 Å². The highest BCUT2D eigenvalue weighted by molar-refractivity contribution is 5.83. The number of carbonyl (C=O) groups is 3. The summed E-state index contributed by atoms with van der Waals surface area (Å²) in [4.78, 5) is 37.4. The molecular formula is C28H34N2O5. The molecule has 2 saturated carbocycles. The average molecular weight is 479 g/mol. The molecule has 7 nitrogen and oxygen atoms in total. The van der Waals surface area contributed by atoms with Crippen molar-refractivity contribution in [2.75, 3.05) is 0 Å². The average Bonchev–Trinajstić information content (AvgIpc) is 3.43. The largest absolute Gasteiger partial charge is 0.461 e. The number of fused-ring (bicyclic) bond motifs is 1. The topological polar surface area (TPSA) is 108 Å². The first-order chi connectivity index (χ1) is 16.9. The molecule has 2 aliphatic rings. The number of nitrogens with one attached hydrogen (secondary N) is 1. The maximum Gasteiger partial charge on any atom is 0.329 e. The van der Waals surface area contributed by atoms with Gasteiger partial charge < -0.3 is 20.5 Å². The van der Waals surface area contributed by atoms with E-state index in [4.69, 9.17) is 15.2 Å². The van der Waals surface area contributed by atoms with Crippen LogP contribution < -0.4 is 11.1 Å². The molecule has 2 aliphatic carbocycles. The number of hydrogen-bond acceptors (Lipinski definition) is 6. The van der Waals surface area contributed by atoms with Crippen molar-refractivity contribution < 1.29 is 23.9 Å². The zero-order valence-electron chi connectivity index (χ0n) is 20.1. The molecule has 4 rings (SSSR count). The van der Waals surface area contributed by atoms with Crippen LogP contribution in [0, 0.1) is 11.8 Å². The van der Waals surface area contributed by atoms with Crippen molar-refractivity contribution in [1.29, 1.82) is 0 Å². The van der Waals surface area contributed by atoms with Crippen molar-refractivity contribution in [3.63, 3.8) is 0 Å². The lowest BCUT2D eigenvalue weighted by Crippen LogP contribution is -2.44. The predicted octanol–water partition coefficient (Wildman–Crippen LogP) is 2.95. The third kappa shape index (κ3) is 6.48. The van der Waals surface area contributed by atoms with Crippen LogP contribution in [0.5, 0.6) is 0 Å². The van der Waals surface area contributed by atoms with Gasteiger partial charge in [-0.1, -0.05) is 60.7 Å². The van der Waals surface area contributed by atoms with E-state index in [1.54, 1.807) is 0 Å². The molecule has 1 amide bonds. The Kier molecular flexibility index (Phi) is 8.18. The molecule has 6 atom stereocenters. The van der Waals surface area contributed by atoms with Crippen LogP contribution in [0.2, 0.25) is 0 Å². The number of rotatable bonds is 9. The summed E-state index contributed by atoms with van der Waals surface area (Å²) in [7, 11) is 0. The summed E-state index contributed by atoms with van der Waals surface area (Å²) in [6.45, 7) is 1.40. The summed E-state index contributed by atoms with van der Waals surface area (Å²) in [6.07, 6.45) is 3.51. The van der Waals surface area contributed by atoms with E-state index >= 15 is 0 Å². The SMILES string of the molecule is CC(=O)NC(Cc1ccccc1)C(=O)O[C@H]1CCC2C1CC[C@H]2OC(=O)C(N)Cc1ccccc1. The number of ether oxygens (including phenoxy) is 2. The Labute approximate surface area is 206 Å². The second-order valence-corrected chi connectivity index (χ2v) is 9.67. The third-order valence-corrected chi connectivity index (χ3v) is 7.15. The molecular weight excluding hydrogens is 444 g/mol. The van der Waals surface area contributed by atoms with Gasteiger partial charge in [0.05, 0.1) is 0 Å². The van der Waals surface area contributed by atoms with Crippen LogP contribution in [-0.4, -0.2) is 42.1 Å². The predicted molar refractivity (Wildman–Crippen MR) is 131 cm³/mol. The maximum atomic E-state index is 13.0. The molecule has 0 heterocycles. The van der Waals surface area contributed by atoms with Gasteiger partial charge in [0.25, 0.3) is 0 Å². The maximum absolute atomic E-state index is 13.0. The Morgan fingerprint density at radius 1 is 0.800 bits per heavy atom. The molecule has 0 aromatic heterocycles. The van der Waals surface area contributed by atoms with Gasteiger partial charge in [-0.15, -0.1) is 0 Å². The van der Waals surface area contributed by atoms with E-state index in [9.17, 15) is 14.4 Å². The Bertz CT molecular complexity index is 1010. The lowest BCUT2D eigenvalue weighted by Gasteiger charge is -2.24. The van der Waals surface area contributed by atoms with Gasteiger partial charge in [0.1, 0.15) is 24.3 Å². The minimum Gasteiger partial charge on any atom is -0.461 e. The second kappa shape index (κ2) is 11.5. The molecule has 2 aromatic carbocycles. The van der Waals surface area contributed by atoms with E-state index in [-0.39, 0.29) is 35.9 Å². The van der Waals surface area contributed by atoms with Crippen molar-refractivity contribution in [3.8, 4) is 0 Å².